The summed E-state index contributed by atoms with van der Waals surface area (Å²) in [6.07, 6.45) is 28.4. The number of carbonyl (C=O) groups is 2. The van der Waals surface area contributed by atoms with E-state index in [1.807, 2.05) is 0 Å². The first kappa shape index (κ1) is 44.0. The van der Waals surface area contributed by atoms with Crippen molar-refractivity contribution >= 4 is 19.8 Å². The number of phosphoric acid groups is 1. The fourth-order valence-corrected chi connectivity index (χ4v) is 5.99. The lowest BCUT2D eigenvalue weighted by molar-refractivity contribution is -0.161. The van der Waals surface area contributed by atoms with Crippen molar-refractivity contribution in [1.29, 1.82) is 0 Å². The van der Waals surface area contributed by atoms with Crippen molar-refractivity contribution in [1.82, 2.24) is 0 Å². The number of unbranched alkanes of at least 4 members (excludes halogenated alkanes) is 22. The highest BCUT2D eigenvalue weighted by molar-refractivity contribution is 7.47. The van der Waals surface area contributed by atoms with Gasteiger partial charge in [0.1, 0.15) is 6.61 Å². The van der Waals surface area contributed by atoms with Gasteiger partial charge in [-0.2, -0.15) is 0 Å². The number of hydrogen-bond donors (Lipinski definition) is 2. The summed E-state index contributed by atoms with van der Waals surface area (Å²) in [7, 11) is -4.36. The van der Waals surface area contributed by atoms with E-state index < -0.39 is 26.5 Å². The second-order valence-electron chi connectivity index (χ2n) is 12.5. The average Bonchev–Trinajstić information content (AvgIpc) is 3.02. The van der Waals surface area contributed by atoms with Crippen molar-refractivity contribution < 1.29 is 37.6 Å². The van der Waals surface area contributed by atoms with Crippen LogP contribution in [-0.4, -0.2) is 49.3 Å². The number of ether oxygens (including phenoxy) is 2. The van der Waals surface area contributed by atoms with Crippen LogP contribution in [0.1, 0.15) is 181 Å². The molecule has 0 aliphatic carbocycles. The first-order valence-corrected chi connectivity index (χ1v) is 20.0. The van der Waals surface area contributed by atoms with Crippen LogP contribution in [0.5, 0.6) is 0 Å². The van der Waals surface area contributed by atoms with Gasteiger partial charge in [-0.15, -0.1) is 0 Å². The Hall–Kier alpha value is -0.990. The highest BCUT2D eigenvalue weighted by atomic mass is 31.2. The quantitative estimate of drug-likeness (QED) is 0.0386. The molecule has 0 amide bonds. The Morgan fingerprint density at radius 3 is 1.36 bits per heavy atom. The Balaban J connectivity index is 4.21. The zero-order valence-corrected chi connectivity index (χ0v) is 30.0. The van der Waals surface area contributed by atoms with Gasteiger partial charge in [-0.25, -0.2) is 4.57 Å². The van der Waals surface area contributed by atoms with Gasteiger partial charge in [-0.1, -0.05) is 155 Å². The Bertz CT molecular complexity index is 724. The Labute approximate surface area is 276 Å². The largest absolute Gasteiger partial charge is 0.472 e. The highest BCUT2D eigenvalue weighted by Crippen LogP contribution is 2.43. The fraction of sp³-hybridized carbons (Fsp3) is 0.943. The van der Waals surface area contributed by atoms with Crippen LogP contribution in [0, 0.1) is 0 Å². The van der Waals surface area contributed by atoms with E-state index in [0.717, 1.165) is 32.1 Å². The van der Waals surface area contributed by atoms with E-state index in [1.54, 1.807) is 0 Å². The molecule has 0 aliphatic rings. The first-order chi connectivity index (χ1) is 21.8. The number of phosphoric ester groups is 1. The highest BCUT2D eigenvalue weighted by Gasteiger charge is 2.25. The van der Waals surface area contributed by atoms with Crippen LogP contribution >= 0.6 is 7.82 Å². The maximum Gasteiger partial charge on any atom is 0.472 e. The second kappa shape index (κ2) is 32.9. The van der Waals surface area contributed by atoms with Gasteiger partial charge >= 0.3 is 19.8 Å². The van der Waals surface area contributed by atoms with Gasteiger partial charge in [-0.3, -0.25) is 18.6 Å². The molecule has 45 heavy (non-hydrogen) atoms. The normalized spacial score (nSPS) is 13.4. The van der Waals surface area contributed by atoms with E-state index in [1.165, 1.54) is 116 Å². The maximum absolute atomic E-state index is 12.5. The predicted molar refractivity (Wildman–Crippen MR) is 183 cm³/mol. The van der Waals surface area contributed by atoms with Crippen LogP contribution in [-0.2, 0) is 32.7 Å². The molecule has 2 atom stereocenters. The van der Waals surface area contributed by atoms with Crippen LogP contribution in [0.3, 0.4) is 0 Å². The Kier molecular flexibility index (Phi) is 32.2. The summed E-state index contributed by atoms with van der Waals surface area (Å²) in [4.78, 5) is 34.6. The summed E-state index contributed by atoms with van der Waals surface area (Å²) >= 11 is 0. The number of rotatable bonds is 35. The van der Waals surface area contributed by atoms with Gasteiger partial charge in [0.05, 0.1) is 13.2 Å². The third-order valence-corrected chi connectivity index (χ3v) is 8.98. The molecular weight excluding hydrogens is 593 g/mol. The molecule has 9 nitrogen and oxygen atoms in total. The molecule has 0 aliphatic heterocycles. The zero-order chi connectivity index (χ0) is 33.3. The van der Waals surface area contributed by atoms with Gasteiger partial charge in [0.2, 0.25) is 0 Å². The van der Waals surface area contributed by atoms with Crippen molar-refractivity contribution in [3.8, 4) is 0 Å². The van der Waals surface area contributed by atoms with Crippen molar-refractivity contribution in [2.24, 2.45) is 5.73 Å². The van der Waals surface area contributed by atoms with E-state index in [2.05, 4.69) is 13.8 Å². The fourth-order valence-electron chi connectivity index (χ4n) is 5.22. The van der Waals surface area contributed by atoms with Gasteiger partial charge in [0, 0.05) is 19.4 Å². The van der Waals surface area contributed by atoms with Crippen molar-refractivity contribution in [3.63, 3.8) is 0 Å². The minimum Gasteiger partial charge on any atom is -0.462 e. The third-order valence-electron chi connectivity index (χ3n) is 7.99. The topological polar surface area (TPSA) is 134 Å². The van der Waals surface area contributed by atoms with Gasteiger partial charge in [0.15, 0.2) is 6.10 Å². The minimum absolute atomic E-state index is 0.0576. The molecule has 0 rings (SSSR count). The van der Waals surface area contributed by atoms with Gasteiger partial charge < -0.3 is 20.1 Å². The van der Waals surface area contributed by atoms with Crippen LogP contribution in [0.15, 0.2) is 0 Å². The summed E-state index contributed by atoms with van der Waals surface area (Å²) in [5.41, 5.74) is 5.32. The number of esters is 2. The summed E-state index contributed by atoms with van der Waals surface area (Å²) in [5, 5.41) is 0. The van der Waals surface area contributed by atoms with Crippen LogP contribution in [0.2, 0.25) is 0 Å². The van der Waals surface area contributed by atoms with Crippen molar-refractivity contribution in [2.75, 3.05) is 26.4 Å². The van der Waals surface area contributed by atoms with Crippen LogP contribution in [0.4, 0.5) is 0 Å². The van der Waals surface area contributed by atoms with E-state index in [-0.39, 0.29) is 38.6 Å². The molecule has 1 unspecified atom stereocenters. The Morgan fingerprint density at radius 1 is 0.578 bits per heavy atom. The first-order valence-electron chi connectivity index (χ1n) is 18.5. The third kappa shape index (κ3) is 32.7. The van der Waals surface area contributed by atoms with Crippen LogP contribution < -0.4 is 5.73 Å². The molecule has 0 spiro atoms. The van der Waals surface area contributed by atoms with Crippen LogP contribution in [0.25, 0.3) is 0 Å². The van der Waals surface area contributed by atoms with E-state index in [0.29, 0.717) is 6.42 Å². The lowest BCUT2D eigenvalue weighted by Gasteiger charge is -2.19. The smallest absolute Gasteiger partial charge is 0.462 e. The lowest BCUT2D eigenvalue weighted by atomic mass is 10.0. The molecule has 0 heterocycles. The summed E-state index contributed by atoms with van der Waals surface area (Å²) in [6.45, 7) is 3.73. The molecule has 3 N–H and O–H groups in total. The standard InChI is InChI=1S/C35H70NO8P/c1-3-5-7-9-11-13-15-16-18-20-22-24-26-28-35(38)44-33(32-43-45(39,40)42-30-29-36)31-41-34(37)27-25-23-21-19-17-14-12-10-8-6-4-2/h33H,3-32,36H2,1-2H3,(H,39,40)/t33-/m1/s1. The number of nitrogens with two attached hydrogens (primary N) is 1. The van der Waals surface area contributed by atoms with E-state index in [9.17, 15) is 19.0 Å². The predicted octanol–water partition coefficient (Wildman–Crippen LogP) is 9.72. The monoisotopic (exact) mass is 663 g/mol. The molecule has 0 aromatic rings. The summed E-state index contributed by atoms with van der Waals surface area (Å²) < 4.78 is 32.6. The SMILES string of the molecule is CCCCCCCCCCCCCCCC(=O)O[C@H](COC(=O)CCCCCCCCCCCCC)COP(=O)(O)OCCN. The average molecular weight is 664 g/mol. The van der Waals surface area contributed by atoms with E-state index in [4.69, 9.17) is 24.3 Å². The minimum atomic E-state index is -4.36. The molecule has 10 heteroatoms. The van der Waals surface area contributed by atoms with Crippen molar-refractivity contribution in [3.05, 3.63) is 0 Å². The van der Waals surface area contributed by atoms with E-state index >= 15 is 0 Å². The van der Waals surface area contributed by atoms with Crippen molar-refractivity contribution in [2.45, 2.75) is 187 Å². The lowest BCUT2D eigenvalue weighted by Crippen LogP contribution is -2.29. The summed E-state index contributed by atoms with van der Waals surface area (Å²) in [6, 6.07) is 0. The Morgan fingerprint density at radius 2 is 0.956 bits per heavy atom. The molecule has 268 valence electrons. The number of hydrogen-bond acceptors (Lipinski definition) is 8. The maximum atomic E-state index is 12.5. The molecule has 0 fully saturated rings. The molecule has 0 saturated heterocycles. The molecule has 0 radical (unpaired) electrons. The molecule has 0 bridgehead atoms. The number of carbonyl (C=O) groups excluding carboxylic acids is 2. The van der Waals surface area contributed by atoms with Gasteiger partial charge in [0.25, 0.3) is 0 Å². The summed E-state index contributed by atoms with van der Waals surface area (Å²) in [5.74, 6) is -0.821. The molecule has 0 saturated carbocycles. The second-order valence-corrected chi connectivity index (χ2v) is 13.9. The van der Waals surface area contributed by atoms with Gasteiger partial charge in [-0.05, 0) is 12.8 Å². The molecule has 0 aromatic carbocycles. The molecular formula is C35H70NO8P. The zero-order valence-electron chi connectivity index (χ0n) is 29.1. The molecule has 0 aromatic heterocycles.